The molecule has 0 atom stereocenters. The number of hydrogen-bond donors (Lipinski definition) is 0. The summed E-state index contributed by atoms with van der Waals surface area (Å²) in [5, 5.41) is 9.40. The van der Waals surface area contributed by atoms with Crippen molar-refractivity contribution in [3.63, 3.8) is 0 Å². The fourth-order valence-corrected chi connectivity index (χ4v) is 4.08. The van der Waals surface area contributed by atoms with Gasteiger partial charge in [0.25, 0.3) is 5.56 Å². The average Bonchev–Trinajstić information content (AvgIpc) is 2.86. The highest BCUT2D eigenvalue weighted by Gasteiger charge is 2.19. The Balaban J connectivity index is 1.76. The molecule has 0 unspecified atom stereocenters. The summed E-state index contributed by atoms with van der Waals surface area (Å²) < 4.78 is 15.8. The lowest BCUT2D eigenvalue weighted by Crippen LogP contribution is -2.29. The zero-order valence-corrected chi connectivity index (χ0v) is 19.3. The maximum absolute atomic E-state index is 14.5. The highest BCUT2D eigenvalue weighted by atomic mass is 19.1. The normalized spacial score (nSPS) is 10.8. The number of hydrogen-bond acceptors (Lipinski definition) is 4. The van der Waals surface area contributed by atoms with Gasteiger partial charge in [0.1, 0.15) is 5.82 Å². The molecule has 0 saturated carbocycles. The smallest absolute Gasteiger partial charge is 0.263 e. The number of unbranched alkanes of at least 4 members (excludes halogenated alkanes) is 1. The molecule has 2 heterocycles. The Kier molecular flexibility index (Phi) is 6.93. The molecule has 6 heteroatoms. The van der Waals surface area contributed by atoms with Gasteiger partial charge >= 0.3 is 0 Å². The molecule has 0 aliphatic carbocycles. The van der Waals surface area contributed by atoms with E-state index in [4.69, 9.17) is 4.98 Å². The van der Waals surface area contributed by atoms with Crippen molar-refractivity contribution in [1.29, 1.82) is 5.26 Å². The summed E-state index contributed by atoms with van der Waals surface area (Å²) in [6.07, 6.45) is 4.41. The number of aromatic nitrogens is 3. The molecule has 5 nitrogen and oxygen atoms in total. The van der Waals surface area contributed by atoms with Gasteiger partial charge in [-0.15, -0.1) is 0 Å². The van der Waals surface area contributed by atoms with E-state index in [9.17, 15) is 14.4 Å². The van der Waals surface area contributed by atoms with Crippen molar-refractivity contribution in [1.82, 2.24) is 14.5 Å². The molecule has 0 N–H and O–H groups in total. The summed E-state index contributed by atoms with van der Waals surface area (Å²) in [6.45, 7) is 3.80. The second kappa shape index (κ2) is 10.2. The summed E-state index contributed by atoms with van der Waals surface area (Å²) in [4.78, 5) is 22.4. The van der Waals surface area contributed by atoms with E-state index in [1.54, 1.807) is 13.0 Å². The molecule has 0 aliphatic rings. The number of halogens is 1. The number of rotatable bonds is 7. The molecular weight excluding hydrogens is 427 g/mol. The minimum absolute atomic E-state index is 0.0377. The summed E-state index contributed by atoms with van der Waals surface area (Å²) in [7, 11) is 0. The van der Waals surface area contributed by atoms with Gasteiger partial charge < -0.3 is 0 Å². The van der Waals surface area contributed by atoms with Crippen LogP contribution in [0.5, 0.6) is 0 Å². The van der Waals surface area contributed by atoms with E-state index in [-0.39, 0.29) is 11.4 Å². The zero-order chi connectivity index (χ0) is 24.1. The molecule has 0 bridgehead atoms. The maximum atomic E-state index is 14.5. The van der Waals surface area contributed by atoms with Gasteiger partial charge in [-0.2, -0.15) is 5.26 Å². The van der Waals surface area contributed by atoms with E-state index < -0.39 is 5.82 Å². The van der Waals surface area contributed by atoms with Crippen molar-refractivity contribution < 1.29 is 4.39 Å². The summed E-state index contributed by atoms with van der Waals surface area (Å²) in [5.74, 6) is -0.188. The van der Waals surface area contributed by atoms with Crippen LogP contribution < -0.4 is 5.56 Å². The largest absolute Gasteiger partial charge is 0.268 e. The minimum atomic E-state index is -0.567. The molecule has 0 amide bonds. The minimum Gasteiger partial charge on any atom is -0.268 e. The molecule has 4 rings (SSSR count). The van der Waals surface area contributed by atoms with E-state index >= 15 is 0 Å². The quantitative estimate of drug-likeness (QED) is 0.369. The second-order valence-corrected chi connectivity index (χ2v) is 8.17. The Morgan fingerprint density at radius 2 is 1.82 bits per heavy atom. The summed E-state index contributed by atoms with van der Waals surface area (Å²) in [6, 6.07) is 20.3. The van der Waals surface area contributed by atoms with Crippen LogP contribution in [0.4, 0.5) is 4.39 Å². The van der Waals surface area contributed by atoms with Gasteiger partial charge in [-0.3, -0.25) is 4.79 Å². The van der Waals surface area contributed by atoms with E-state index in [2.05, 4.69) is 18.0 Å². The molecule has 2 aromatic carbocycles. The van der Waals surface area contributed by atoms with E-state index in [1.165, 1.54) is 22.9 Å². The topological polar surface area (TPSA) is 71.6 Å². The Bertz CT molecular complexity index is 1420. The molecule has 4 aromatic rings. The van der Waals surface area contributed by atoms with E-state index in [0.717, 1.165) is 35.2 Å². The SMILES string of the molecule is CCCCc1nc(C)n(-c2ncccc2F)c(=O)c1Cc1ccc(-c2ccccc2C#N)cc1. The first kappa shape index (κ1) is 23.1. The molecule has 2 aromatic heterocycles. The van der Waals surface area contributed by atoms with Crippen LogP contribution in [-0.2, 0) is 12.8 Å². The van der Waals surface area contributed by atoms with Crippen LogP contribution in [0.1, 0.15) is 48.0 Å². The van der Waals surface area contributed by atoms with E-state index in [1.807, 2.05) is 42.5 Å². The maximum Gasteiger partial charge on any atom is 0.263 e. The molecule has 0 radical (unpaired) electrons. The van der Waals surface area contributed by atoms with Crippen molar-refractivity contribution in [2.75, 3.05) is 0 Å². The highest BCUT2D eigenvalue weighted by molar-refractivity contribution is 5.70. The van der Waals surface area contributed by atoms with Gasteiger partial charge in [-0.1, -0.05) is 55.8 Å². The van der Waals surface area contributed by atoms with E-state index in [0.29, 0.717) is 29.8 Å². The molecular formula is C28H25FN4O. The Morgan fingerprint density at radius 3 is 2.53 bits per heavy atom. The number of nitrogens with zero attached hydrogens (tertiary/aromatic N) is 4. The number of aryl methyl sites for hydroxylation is 2. The highest BCUT2D eigenvalue weighted by Crippen LogP contribution is 2.24. The Labute approximate surface area is 198 Å². The van der Waals surface area contributed by atoms with Gasteiger partial charge in [0.2, 0.25) is 0 Å². The van der Waals surface area contributed by atoms with Crippen molar-refractivity contribution in [3.05, 3.63) is 111 Å². The number of benzene rings is 2. The van der Waals surface area contributed by atoms with Crippen LogP contribution in [0, 0.1) is 24.1 Å². The second-order valence-electron chi connectivity index (χ2n) is 8.17. The van der Waals surface area contributed by atoms with Gasteiger partial charge in [0, 0.05) is 18.2 Å². The van der Waals surface area contributed by atoms with Gasteiger partial charge in [0.05, 0.1) is 17.3 Å². The van der Waals surface area contributed by atoms with Crippen LogP contribution in [0.2, 0.25) is 0 Å². The standard InChI is InChI=1S/C28H25FN4O/c1-3-4-11-26-24(28(34)33(19(2)32-26)27-25(29)10-7-16-31-27)17-20-12-14-21(15-13-20)23-9-6-5-8-22(23)18-30/h5-10,12-16H,3-4,11,17H2,1-2H3. The van der Waals surface area contributed by atoms with Gasteiger partial charge in [0.15, 0.2) is 11.6 Å². The van der Waals surface area contributed by atoms with Crippen LogP contribution >= 0.6 is 0 Å². The van der Waals surface area contributed by atoms with Crippen molar-refractivity contribution in [2.24, 2.45) is 0 Å². The number of pyridine rings is 1. The molecule has 0 saturated heterocycles. The lowest BCUT2D eigenvalue weighted by molar-refractivity contribution is 0.600. The average molecular weight is 453 g/mol. The fourth-order valence-electron chi connectivity index (χ4n) is 4.08. The first-order valence-corrected chi connectivity index (χ1v) is 11.3. The zero-order valence-electron chi connectivity index (χ0n) is 19.3. The van der Waals surface area contributed by atoms with Crippen LogP contribution in [-0.4, -0.2) is 14.5 Å². The first-order valence-electron chi connectivity index (χ1n) is 11.3. The Morgan fingerprint density at radius 1 is 1.06 bits per heavy atom. The molecule has 0 fully saturated rings. The first-order chi connectivity index (χ1) is 16.5. The lowest BCUT2D eigenvalue weighted by Gasteiger charge is -2.15. The summed E-state index contributed by atoms with van der Waals surface area (Å²) in [5.41, 5.74) is 4.35. The van der Waals surface area contributed by atoms with Crippen molar-refractivity contribution >= 4 is 0 Å². The lowest BCUT2D eigenvalue weighted by atomic mass is 9.97. The third kappa shape index (κ3) is 4.65. The molecule has 34 heavy (non-hydrogen) atoms. The van der Waals surface area contributed by atoms with Crippen molar-refractivity contribution in [2.45, 2.75) is 39.5 Å². The summed E-state index contributed by atoms with van der Waals surface area (Å²) >= 11 is 0. The molecule has 170 valence electrons. The predicted molar refractivity (Wildman–Crippen MR) is 130 cm³/mol. The van der Waals surface area contributed by atoms with Gasteiger partial charge in [-0.05, 0) is 54.7 Å². The van der Waals surface area contributed by atoms with Crippen molar-refractivity contribution in [3.8, 4) is 23.0 Å². The number of nitriles is 1. The predicted octanol–water partition coefficient (Wildman–Crippen LogP) is 5.55. The monoisotopic (exact) mass is 452 g/mol. The van der Waals surface area contributed by atoms with Gasteiger partial charge in [-0.25, -0.2) is 18.9 Å². The third-order valence-electron chi connectivity index (χ3n) is 5.84. The fraction of sp³-hybridized carbons (Fsp3) is 0.214. The molecule has 0 spiro atoms. The third-order valence-corrected chi connectivity index (χ3v) is 5.84. The molecule has 0 aliphatic heterocycles. The van der Waals surface area contributed by atoms with Crippen LogP contribution in [0.3, 0.4) is 0 Å². The Hall–Kier alpha value is -4.11. The van der Waals surface area contributed by atoms with Crippen LogP contribution in [0.25, 0.3) is 16.9 Å². The van der Waals surface area contributed by atoms with Crippen LogP contribution in [0.15, 0.2) is 71.7 Å².